The predicted molar refractivity (Wildman–Crippen MR) is 115 cm³/mol. The van der Waals surface area contributed by atoms with Crippen molar-refractivity contribution in [2.45, 2.75) is 25.7 Å². The molecule has 32 heavy (non-hydrogen) atoms. The maximum Gasteiger partial charge on any atom is 0.308 e. The molecule has 0 aliphatic rings. The second-order valence-electron chi connectivity index (χ2n) is 5.87. The summed E-state index contributed by atoms with van der Waals surface area (Å²) in [4.78, 5) is 44.3. The van der Waals surface area contributed by atoms with Gasteiger partial charge in [0.05, 0.1) is 97.5 Å². The summed E-state index contributed by atoms with van der Waals surface area (Å²) in [5.41, 5.74) is 0. The topological polar surface area (TPSA) is 142 Å². The number of esters is 2. The minimum absolute atomic E-state index is 0.0279. The van der Waals surface area contributed by atoms with Gasteiger partial charge in [-0.15, -0.1) is 0 Å². The molecule has 0 N–H and O–H groups in total. The quantitative estimate of drug-likeness (QED) is 0.122. The first-order chi connectivity index (χ1) is 15.5. The molecule has 0 heterocycles. The summed E-state index contributed by atoms with van der Waals surface area (Å²) in [5.74, 6) is -1.97. The molecule has 186 valence electrons. The van der Waals surface area contributed by atoms with Gasteiger partial charge in [0.25, 0.3) is 0 Å². The summed E-state index contributed by atoms with van der Waals surface area (Å²) < 4.78 is 39.6. The van der Waals surface area contributed by atoms with Crippen LogP contribution in [0.15, 0.2) is 0 Å². The molecule has 2 unspecified atom stereocenters. The summed E-state index contributed by atoms with van der Waals surface area (Å²) >= 11 is 0. The molecule has 0 fully saturated rings. The van der Waals surface area contributed by atoms with E-state index in [1.54, 1.807) is 0 Å². The van der Waals surface area contributed by atoms with Gasteiger partial charge in [0, 0.05) is 0 Å². The normalized spacial score (nSPS) is 10.4. The Hall–Kier alpha value is -1.42. The van der Waals surface area contributed by atoms with Crippen LogP contribution in [0.25, 0.3) is 0 Å². The highest BCUT2D eigenvalue weighted by molar-refractivity contribution is 7.11. The zero-order chi connectivity index (χ0) is 23.9. The lowest BCUT2D eigenvalue weighted by atomic mass is 10.3. The second-order valence-corrected chi connectivity index (χ2v) is 6.34. The van der Waals surface area contributed by atoms with Crippen molar-refractivity contribution in [1.29, 1.82) is 0 Å². The van der Waals surface area contributed by atoms with Crippen molar-refractivity contribution in [1.82, 2.24) is 0 Å². The van der Waals surface area contributed by atoms with E-state index >= 15 is 0 Å². The lowest BCUT2D eigenvalue weighted by molar-refractivity contribution is -0.148. The van der Waals surface area contributed by atoms with E-state index in [2.05, 4.69) is 9.05 Å². The zero-order valence-electron chi connectivity index (χ0n) is 18.0. The average Bonchev–Trinajstić information content (AvgIpc) is 2.80. The molecule has 0 radical (unpaired) electrons. The summed E-state index contributed by atoms with van der Waals surface area (Å²) in [6.07, 6.45) is -0.126. The van der Waals surface area contributed by atoms with Gasteiger partial charge in [0.2, 0.25) is 0 Å². The van der Waals surface area contributed by atoms with Crippen molar-refractivity contribution in [2.24, 2.45) is 0 Å². The molecule has 0 aliphatic heterocycles. The Bertz CT molecular complexity index is 486. The summed E-state index contributed by atoms with van der Waals surface area (Å²) in [7, 11) is 3.64. The van der Waals surface area contributed by atoms with Crippen molar-refractivity contribution < 1.29 is 56.6 Å². The van der Waals surface area contributed by atoms with Gasteiger partial charge in [0.15, 0.2) is 0 Å². The Labute approximate surface area is 191 Å². The lowest BCUT2D eigenvalue weighted by Crippen LogP contribution is -2.16. The maximum absolute atomic E-state index is 11.3. The van der Waals surface area contributed by atoms with E-state index in [4.69, 9.17) is 28.4 Å². The molecule has 0 bridgehead atoms. The van der Waals surface area contributed by atoms with Gasteiger partial charge >= 0.3 is 23.9 Å². The van der Waals surface area contributed by atoms with Gasteiger partial charge in [-0.3, -0.25) is 19.2 Å². The maximum atomic E-state index is 11.3. The van der Waals surface area contributed by atoms with Gasteiger partial charge < -0.3 is 37.5 Å². The molecule has 0 spiro atoms. The highest BCUT2D eigenvalue weighted by atomic mass is 31.0. The highest BCUT2D eigenvalue weighted by Crippen LogP contribution is 1.99. The average molecular weight is 502 g/mol. The Kier molecular flexibility index (Phi) is 21.8. The van der Waals surface area contributed by atoms with E-state index in [-0.39, 0.29) is 52.1 Å². The van der Waals surface area contributed by atoms with E-state index in [0.717, 1.165) is 0 Å². The molecular weight excluding hydrogens is 470 g/mol. The predicted octanol–water partition coefficient (Wildman–Crippen LogP) is 0.366. The minimum Gasteiger partial charge on any atom is -0.463 e. The first kappa shape index (κ1) is 30.6. The monoisotopic (exact) mass is 502 g/mol. The first-order valence-electron chi connectivity index (χ1n) is 9.91. The van der Waals surface area contributed by atoms with E-state index in [1.807, 2.05) is 18.9 Å². The van der Waals surface area contributed by atoms with Crippen LogP contribution in [-0.2, 0) is 56.6 Å². The molecule has 0 saturated heterocycles. The van der Waals surface area contributed by atoms with Crippen LogP contribution in [0.3, 0.4) is 0 Å². The second kappa shape index (κ2) is 22.8. The van der Waals surface area contributed by atoms with Gasteiger partial charge in [-0.2, -0.15) is 0 Å². The number of rotatable bonds is 21. The molecule has 14 heteroatoms. The molecule has 0 amide bonds. The molecule has 0 aromatic heterocycles. The van der Waals surface area contributed by atoms with Gasteiger partial charge in [0.1, 0.15) is 13.2 Å². The number of hydrogen-bond acceptors (Lipinski definition) is 12. The van der Waals surface area contributed by atoms with Crippen LogP contribution in [0.5, 0.6) is 0 Å². The van der Waals surface area contributed by atoms with Crippen LogP contribution in [0.2, 0.25) is 0 Å². The standard InChI is InChI=1S/C18H32O12P2/c19-15(1-3-17(21)29-31)27-13-11-25-9-7-23-5-6-24-8-10-26-12-14-28-16(20)2-4-18(22)30-32/h1-14,31-32H2. The molecular formula is C18H32O12P2. The Morgan fingerprint density at radius 3 is 0.938 bits per heavy atom. The van der Waals surface area contributed by atoms with Crippen molar-refractivity contribution in [3.8, 4) is 0 Å². The molecule has 0 aliphatic carbocycles. The third kappa shape index (κ3) is 21.8. The molecule has 0 aromatic rings. The van der Waals surface area contributed by atoms with Crippen LogP contribution in [0.4, 0.5) is 0 Å². The number of carbonyl (C=O) groups is 4. The lowest BCUT2D eigenvalue weighted by Gasteiger charge is -2.08. The number of hydrogen-bond donors (Lipinski definition) is 0. The highest BCUT2D eigenvalue weighted by Gasteiger charge is 2.08. The summed E-state index contributed by atoms with van der Waals surface area (Å²) in [6.45, 7) is 2.87. The largest absolute Gasteiger partial charge is 0.463 e. The van der Waals surface area contributed by atoms with E-state index in [0.29, 0.717) is 39.6 Å². The SMILES string of the molecule is O=C(CCC(=O)OCCOCCOCCOCCOCCOC(=O)CCC(=O)OP)OP. The Morgan fingerprint density at radius 1 is 0.406 bits per heavy atom. The van der Waals surface area contributed by atoms with Crippen molar-refractivity contribution in [2.75, 3.05) is 66.1 Å². The van der Waals surface area contributed by atoms with Crippen LogP contribution in [0, 0.1) is 0 Å². The van der Waals surface area contributed by atoms with Crippen molar-refractivity contribution in [3.05, 3.63) is 0 Å². The van der Waals surface area contributed by atoms with Crippen molar-refractivity contribution in [3.63, 3.8) is 0 Å². The van der Waals surface area contributed by atoms with Crippen LogP contribution in [-0.4, -0.2) is 89.9 Å². The molecule has 2 atom stereocenters. The number of carbonyl (C=O) groups excluding carboxylic acids is 4. The summed E-state index contributed by atoms with van der Waals surface area (Å²) in [6, 6.07) is 0. The van der Waals surface area contributed by atoms with Crippen LogP contribution < -0.4 is 0 Å². The fourth-order valence-electron chi connectivity index (χ4n) is 1.86. The number of ether oxygens (including phenoxy) is 6. The minimum atomic E-state index is -0.496. The van der Waals surface area contributed by atoms with Crippen LogP contribution >= 0.6 is 18.9 Å². The third-order valence-electron chi connectivity index (χ3n) is 3.43. The Balaban J connectivity index is 3.23. The molecule has 0 rings (SSSR count). The van der Waals surface area contributed by atoms with Crippen molar-refractivity contribution >= 4 is 42.8 Å². The third-order valence-corrected chi connectivity index (χ3v) is 3.95. The zero-order valence-corrected chi connectivity index (χ0v) is 20.3. The fourth-order valence-corrected chi connectivity index (χ4v) is 2.10. The molecule has 0 aromatic carbocycles. The fraction of sp³-hybridized carbons (Fsp3) is 0.778. The molecule has 0 saturated carbocycles. The van der Waals surface area contributed by atoms with Crippen LogP contribution in [0.1, 0.15) is 25.7 Å². The van der Waals surface area contributed by atoms with E-state index < -0.39 is 23.9 Å². The molecule has 12 nitrogen and oxygen atoms in total. The van der Waals surface area contributed by atoms with E-state index in [1.165, 1.54) is 0 Å². The van der Waals surface area contributed by atoms with Gasteiger partial charge in [-0.05, 0) is 0 Å². The summed E-state index contributed by atoms with van der Waals surface area (Å²) in [5, 5.41) is 0. The van der Waals surface area contributed by atoms with E-state index in [9.17, 15) is 19.2 Å². The van der Waals surface area contributed by atoms with Gasteiger partial charge in [-0.1, -0.05) is 0 Å². The van der Waals surface area contributed by atoms with Gasteiger partial charge in [-0.25, -0.2) is 0 Å². The first-order valence-corrected chi connectivity index (χ1v) is 10.8. The Morgan fingerprint density at radius 2 is 0.656 bits per heavy atom. The smallest absolute Gasteiger partial charge is 0.308 e.